The minimum atomic E-state index is -3.91. The highest BCUT2D eigenvalue weighted by Crippen LogP contribution is 2.36. The van der Waals surface area contributed by atoms with Crippen LogP contribution < -0.4 is 10.4 Å². The van der Waals surface area contributed by atoms with E-state index in [1.165, 1.54) is 10.4 Å². The van der Waals surface area contributed by atoms with Crippen LogP contribution in [-0.2, 0) is 22.9 Å². The van der Waals surface area contributed by atoms with Crippen molar-refractivity contribution < 1.29 is 18.3 Å². The number of carboxylic acid groups (broad SMARTS) is 1. The van der Waals surface area contributed by atoms with Gasteiger partial charge in [0.15, 0.2) is 5.65 Å². The zero-order valence-corrected chi connectivity index (χ0v) is 23.5. The minimum absolute atomic E-state index is 0.0917. The first-order valence-electron chi connectivity index (χ1n) is 12.7. The van der Waals surface area contributed by atoms with Crippen molar-refractivity contribution in [3.05, 3.63) is 82.5 Å². The molecule has 0 radical (unpaired) electrons. The van der Waals surface area contributed by atoms with Crippen LogP contribution in [0.3, 0.4) is 0 Å². The lowest BCUT2D eigenvalue weighted by molar-refractivity contribution is -0.242. The summed E-state index contributed by atoms with van der Waals surface area (Å²) in [5.41, 5.74) is 3.48. The average molecular weight is 567 g/mol. The molecule has 0 aliphatic rings. The molecule has 0 fully saturated rings. The Bertz CT molecular complexity index is 1580. The molecule has 0 spiro atoms. The lowest BCUT2D eigenvalue weighted by Gasteiger charge is -2.27. The molecule has 0 saturated carbocycles. The van der Waals surface area contributed by atoms with Gasteiger partial charge in [0.25, 0.3) is 0 Å². The summed E-state index contributed by atoms with van der Waals surface area (Å²) >= 11 is 6.07. The molecule has 2 aromatic heterocycles. The van der Waals surface area contributed by atoms with Gasteiger partial charge in [0.1, 0.15) is 22.7 Å². The van der Waals surface area contributed by atoms with E-state index >= 15 is 0 Å². The molecule has 0 saturated heterocycles. The van der Waals surface area contributed by atoms with Crippen molar-refractivity contribution in [2.24, 2.45) is 0 Å². The number of carbonyl (C=O) groups is 1. The molecule has 0 aliphatic carbocycles. The van der Waals surface area contributed by atoms with E-state index in [-0.39, 0.29) is 31.0 Å². The Morgan fingerprint density at radius 3 is 2.26 bits per heavy atom. The van der Waals surface area contributed by atoms with Crippen LogP contribution in [0.2, 0.25) is 5.02 Å². The van der Waals surface area contributed by atoms with E-state index in [0.717, 1.165) is 11.1 Å². The van der Waals surface area contributed by atoms with Gasteiger partial charge in [-0.3, -0.25) is 0 Å². The number of nitrogens with one attached hydrogen (secondary N) is 1. The molecular weight excluding hydrogens is 538 g/mol. The van der Waals surface area contributed by atoms with Crippen molar-refractivity contribution in [2.75, 3.05) is 18.4 Å². The number of aromatic nitrogens is 3. The lowest BCUT2D eigenvalue weighted by Crippen LogP contribution is -2.36. The Morgan fingerprint density at radius 2 is 1.67 bits per heavy atom. The molecule has 11 heteroatoms. The molecule has 1 unspecified atom stereocenters. The summed E-state index contributed by atoms with van der Waals surface area (Å²) in [6.45, 7) is 6.06. The lowest BCUT2D eigenvalue weighted by atomic mass is 10.0. The normalized spacial score (nSPS) is 12.5. The number of halogens is 1. The number of aryl methyl sites for hydroxylation is 1. The Kier molecular flexibility index (Phi) is 8.79. The van der Waals surface area contributed by atoms with Gasteiger partial charge in [-0.05, 0) is 36.6 Å². The van der Waals surface area contributed by atoms with Crippen LogP contribution >= 0.6 is 11.6 Å². The Morgan fingerprint density at radius 1 is 1.00 bits per heavy atom. The second-order valence-corrected chi connectivity index (χ2v) is 11.4. The molecule has 204 valence electrons. The van der Waals surface area contributed by atoms with Gasteiger partial charge >= 0.3 is 0 Å². The van der Waals surface area contributed by atoms with Gasteiger partial charge in [-0.25, -0.2) is 27.7 Å². The summed E-state index contributed by atoms with van der Waals surface area (Å²) in [4.78, 5) is 25.5. The molecule has 1 atom stereocenters. The van der Waals surface area contributed by atoms with Gasteiger partial charge in [-0.15, -0.1) is 0 Å². The van der Waals surface area contributed by atoms with Crippen LogP contribution in [0.5, 0.6) is 0 Å². The summed E-state index contributed by atoms with van der Waals surface area (Å²) in [7, 11) is -3.91. The number of benzene rings is 2. The predicted octanol–water partition coefficient (Wildman–Crippen LogP) is 4.62. The molecular formula is C28H29ClN5O4S-. The van der Waals surface area contributed by atoms with E-state index in [9.17, 15) is 18.3 Å². The largest absolute Gasteiger partial charge is 0.530 e. The molecule has 0 bridgehead atoms. The Hall–Kier alpha value is -3.60. The maximum Gasteiger partial charge on any atom is 0.221 e. The summed E-state index contributed by atoms with van der Waals surface area (Å²) < 4.78 is 29.5. The SMILES string of the molecule is CCc1nc2c(C(Cc3ccccc3)S(=O)(=O)N(CC)CC)cc(NC(=O)[O-])nc2nc1-c1ccc(Cl)cc1. The average Bonchev–Trinajstić information content (AvgIpc) is 2.92. The van der Waals surface area contributed by atoms with Crippen molar-refractivity contribution in [2.45, 2.75) is 38.9 Å². The number of hydrogen-bond donors (Lipinski definition) is 1. The van der Waals surface area contributed by atoms with Gasteiger partial charge in [-0.1, -0.05) is 74.8 Å². The second kappa shape index (κ2) is 12.1. The molecule has 2 aromatic carbocycles. The smallest absolute Gasteiger partial charge is 0.221 e. The molecule has 4 aromatic rings. The number of pyridine rings is 1. The van der Waals surface area contributed by atoms with Gasteiger partial charge in [-0.2, -0.15) is 0 Å². The Balaban J connectivity index is 2.03. The quantitative estimate of drug-likeness (QED) is 0.296. The number of carbonyl (C=O) groups excluding carboxylic acids is 1. The molecule has 1 N–H and O–H groups in total. The second-order valence-electron chi connectivity index (χ2n) is 8.87. The molecule has 0 aliphatic heterocycles. The summed E-state index contributed by atoms with van der Waals surface area (Å²) in [5.74, 6) is -0.0917. The fourth-order valence-corrected chi connectivity index (χ4v) is 6.67. The van der Waals surface area contributed by atoms with Gasteiger partial charge in [0.2, 0.25) is 10.0 Å². The maximum absolute atomic E-state index is 14.0. The fraction of sp³-hybridized carbons (Fsp3) is 0.286. The monoisotopic (exact) mass is 566 g/mol. The molecule has 1 amide bonds. The van der Waals surface area contributed by atoms with Gasteiger partial charge in [0.05, 0.1) is 11.4 Å². The van der Waals surface area contributed by atoms with E-state index in [1.54, 1.807) is 26.0 Å². The maximum atomic E-state index is 14.0. The summed E-state index contributed by atoms with van der Waals surface area (Å²) in [5, 5.41) is 13.1. The number of nitrogens with zero attached hydrogens (tertiary/aromatic N) is 4. The molecule has 9 nitrogen and oxygen atoms in total. The molecule has 4 rings (SSSR count). The standard InChI is InChI=1S/C28H30ClN5O4S/c1-4-22-25(19-12-14-20(29)15-13-19)33-27-26(30-22)21(17-24(31-27)32-28(35)36)23(16-18-10-8-7-9-11-18)39(37,38)34(5-2)6-3/h7-15,17,23H,4-6,16H2,1-3H3,(H,35,36)(H,31,32,33)/p-1. The van der Waals surface area contributed by atoms with Crippen LogP contribution in [0.15, 0.2) is 60.7 Å². The third-order valence-corrected chi connectivity index (χ3v) is 9.09. The van der Waals surface area contributed by atoms with Gasteiger partial charge < -0.3 is 15.2 Å². The first-order chi connectivity index (χ1) is 18.7. The van der Waals surface area contributed by atoms with Crippen LogP contribution in [-0.4, -0.2) is 46.9 Å². The number of anilines is 1. The molecule has 2 heterocycles. The summed E-state index contributed by atoms with van der Waals surface area (Å²) in [6.07, 6.45) is -0.910. The summed E-state index contributed by atoms with van der Waals surface area (Å²) in [6, 6.07) is 17.8. The number of amides is 1. The van der Waals surface area contributed by atoms with Crippen LogP contribution in [0.25, 0.3) is 22.4 Å². The zero-order valence-electron chi connectivity index (χ0n) is 21.9. The first kappa shape index (κ1) is 28.4. The van der Waals surface area contributed by atoms with E-state index in [2.05, 4.69) is 10.3 Å². The number of sulfonamides is 1. The van der Waals surface area contributed by atoms with Crippen molar-refractivity contribution >= 4 is 44.7 Å². The highest BCUT2D eigenvalue weighted by atomic mass is 35.5. The third kappa shape index (κ3) is 6.19. The van der Waals surface area contributed by atoms with E-state index in [0.29, 0.717) is 33.9 Å². The van der Waals surface area contributed by atoms with Crippen molar-refractivity contribution in [3.63, 3.8) is 0 Å². The van der Waals surface area contributed by atoms with Crippen molar-refractivity contribution in [3.8, 4) is 11.3 Å². The number of hydrogen-bond acceptors (Lipinski definition) is 7. The van der Waals surface area contributed by atoms with E-state index < -0.39 is 21.4 Å². The fourth-order valence-electron chi connectivity index (χ4n) is 4.56. The van der Waals surface area contributed by atoms with E-state index in [4.69, 9.17) is 21.6 Å². The first-order valence-corrected chi connectivity index (χ1v) is 14.5. The number of fused-ring (bicyclic) bond motifs is 1. The van der Waals surface area contributed by atoms with E-state index in [1.807, 2.05) is 49.4 Å². The minimum Gasteiger partial charge on any atom is -0.530 e. The van der Waals surface area contributed by atoms with Gasteiger partial charge in [0, 0.05) is 29.2 Å². The van der Waals surface area contributed by atoms with Crippen LogP contribution in [0.1, 0.15) is 42.8 Å². The van der Waals surface area contributed by atoms with Crippen molar-refractivity contribution in [1.82, 2.24) is 19.3 Å². The Labute approximate surface area is 233 Å². The predicted molar refractivity (Wildman–Crippen MR) is 151 cm³/mol. The van der Waals surface area contributed by atoms with Crippen LogP contribution in [0, 0.1) is 0 Å². The topological polar surface area (TPSA) is 128 Å². The number of rotatable bonds is 10. The van der Waals surface area contributed by atoms with Crippen molar-refractivity contribution in [1.29, 1.82) is 0 Å². The highest BCUT2D eigenvalue weighted by Gasteiger charge is 2.35. The molecule has 39 heavy (non-hydrogen) atoms. The highest BCUT2D eigenvalue weighted by molar-refractivity contribution is 7.89. The third-order valence-electron chi connectivity index (χ3n) is 6.46. The zero-order chi connectivity index (χ0) is 28.2. The van der Waals surface area contributed by atoms with Crippen LogP contribution in [0.4, 0.5) is 10.6 Å².